The minimum Gasteiger partial charge on any atom is -0.351 e. The van der Waals surface area contributed by atoms with Crippen molar-refractivity contribution in [3.63, 3.8) is 0 Å². The van der Waals surface area contributed by atoms with Crippen LogP contribution in [0.3, 0.4) is 0 Å². The molecule has 0 saturated carbocycles. The first-order valence-corrected chi connectivity index (χ1v) is 7.27. The first-order chi connectivity index (χ1) is 11.0. The van der Waals surface area contributed by atoms with Crippen LogP contribution in [0.4, 0.5) is 11.4 Å². The second-order valence-corrected chi connectivity index (χ2v) is 5.42. The van der Waals surface area contributed by atoms with Gasteiger partial charge in [0.2, 0.25) is 5.91 Å². The van der Waals surface area contributed by atoms with E-state index in [2.05, 4.69) is 10.6 Å². The van der Waals surface area contributed by atoms with Crippen LogP contribution >= 0.6 is 0 Å². The van der Waals surface area contributed by atoms with E-state index in [0.29, 0.717) is 16.9 Å². The highest BCUT2D eigenvalue weighted by molar-refractivity contribution is 6.06. The summed E-state index contributed by atoms with van der Waals surface area (Å²) in [7, 11) is 1.95. The third-order valence-corrected chi connectivity index (χ3v) is 3.59. The Balaban J connectivity index is 1.82. The van der Waals surface area contributed by atoms with Crippen molar-refractivity contribution in [1.29, 1.82) is 0 Å². The van der Waals surface area contributed by atoms with E-state index in [1.54, 1.807) is 30.3 Å². The number of amides is 2. The standard InChI is InChI=1S/C18H17N3O2/c1-12(22)19-15-4-3-5-16(11-15)20-18(23)14-7-6-13-8-9-21(2)17(13)10-14/h3-11H,1-2H3,(H,19,22)(H,20,23). The molecular weight excluding hydrogens is 290 g/mol. The Bertz CT molecular complexity index is 896. The van der Waals surface area contributed by atoms with Gasteiger partial charge in [-0.05, 0) is 41.8 Å². The monoisotopic (exact) mass is 307 g/mol. The van der Waals surface area contributed by atoms with Gasteiger partial charge < -0.3 is 15.2 Å². The topological polar surface area (TPSA) is 63.1 Å². The molecule has 0 radical (unpaired) electrons. The zero-order valence-electron chi connectivity index (χ0n) is 13.0. The van der Waals surface area contributed by atoms with Crippen LogP contribution in [0, 0.1) is 0 Å². The van der Waals surface area contributed by atoms with Gasteiger partial charge in [0.05, 0.1) is 0 Å². The zero-order valence-corrected chi connectivity index (χ0v) is 13.0. The van der Waals surface area contributed by atoms with Gasteiger partial charge >= 0.3 is 0 Å². The molecular formula is C18H17N3O2. The largest absolute Gasteiger partial charge is 0.351 e. The zero-order chi connectivity index (χ0) is 16.4. The van der Waals surface area contributed by atoms with Crippen LogP contribution in [0.2, 0.25) is 0 Å². The molecule has 0 fully saturated rings. The first-order valence-electron chi connectivity index (χ1n) is 7.27. The number of hydrogen-bond acceptors (Lipinski definition) is 2. The average Bonchev–Trinajstić information content (AvgIpc) is 2.88. The van der Waals surface area contributed by atoms with E-state index in [9.17, 15) is 9.59 Å². The number of aryl methyl sites for hydroxylation is 1. The minimum absolute atomic E-state index is 0.150. The first kappa shape index (κ1) is 14.8. The maximum absolute atomic E-state index is 12.4. The van der Waals surface area contributed by atoms with Crippen LogP contribution in [-0.2, 0) is 11.8 Å². The van der Waals surface area contributed by atoms with Crippen molar-refractivity contribution < 1.29 is 9.59 Å². The molecule has 0 atom stereocenters. The third kappa shape index (κ3) is 3.23. The number of carbonyl (C=O) groups is 2. The fraction of sp³-hybridized carbons (Fsp3) is 0.111. The number of carbonyl (C=O) groups excluding carboxylic acids is 2. The maximum Gasteiger partial charge on any atom is 0.255 e. The lowest BCUT2D eigenvalue weighted by Crippen LogP contribution is -2.12. The smallest absolute Gasteiger partial charge is 0.255 e. The quantitative estimate of drug-likeness (QED) is 0.779. The predicted molar refractivity (Wildman–Crippen MR) is 91.6 cm³/mol. The van der Waals surface area contributed by atoms with Crippen LogP contribution in [-0.4, -0.2) is 16.4 Å². The van der Waals surface area contributed by atoms with E-state index in [-0.39, 0.29) is 11.8 Å². The van der Waals surface area contributed by atoms with Crippen LogP contribution < -0.4 is 10.6 Å². The van der Waals surface area contributed by atoms with Gasteiger partial charge in [-0.3, -0.25) is 9.59 Å². The molecule has 0 saturated heterocycles. The highest BCUT2D eigenvalue weighted by Gasteiger charge is 2.09. The number of aromatic nitrogens is 1. The molecule has 5 heteroatoms. The number of fused-ring (bicyclic) bond motifs is 1. The fourth-order valence-corrected chi connectivity index (χ4v) is 2.48. The lowest BCUT2D eigenvalue weighted by Gasteiger charge is -2.08. The summed E-state index contributed by atoms with van der Waals surface area (Å²) in [6, 6.07) is 14.7. The second kappa shape index (κ2) is 5.96. The van der Waals surface area contributed by atoms with E-state index in [1.165, 1.54) is 6.92 Å². The Labute approximate surface area is 133 Å². The minimum atomic E-state index is -0.187. The van der Waals surface area contributed by atoms with Crippen molar-refractivity contribution in [1.82, 2.24) is 4.57 Å². The number of benzene rings is 2. The van der Waals surface area contributed by atoms with Crippen LogP contribution in [0.25, 0.3) is 10.9 Å². The van der Waals surface area contributed by atoms with Crippen molar-refractivity contribution in [3.8, 4) is 0 Å². The maximum atomic E-state index is 12.4. The van der Waals surface area contributed by atoms with Gasteiger partial charge in [0, 0.05) is 42.6 Å². The highest BCUT2D eigenvalue weighted by Crippen LogP contribution is 2.19. The van der Waals surface area contributed by atoms with Gasteiger partial charge in [0.25, 0.3) is 5.91 Å². The number of rotatable bonds is 3. The van der Waals surface area contributed by atoms with Gasteiger partial charge in [0.15, 0.2) is 0 Å². The van der Waals surface area contributed by atoms with Crippen molar-refractivity contribution in [3.05, 3.63) is 60.3 Å². The SMILES string of the molecule is CC(=O)Nc1cccc(NC(=O)c2ccc3ccn(C)c3c2)c1. The lowest BCUT2D eigenvalue weighted by molar-refractivity contribution is -0.114. The van der Waals surface area contributed by atoms with Crippen molar-refractivity contribution in [2.45, 2.75) is 6.92 Å². The normalized spacial score (nSPS) is 10.5. The number of anilines is 2. The van der Waals surface area contributed by atoms with E-state index < -0.39 is 0 Å². The number of hydrogen-bond donors (Lipinski definition) is 2. The summed E-state index contributed by atoms with van der Waals surface area (Å²) >= 11 is 0. The van der Waals surface area contributed by atoms with Gasteiger partial charge in [-0.25, -0.2) is 0 Å². The van der Waals surface area contributed by atoms with Gasteiger partial charge in [-0.2, -0.15) is 0 Å². The van der Waals surface area contributed by atoms with Crippen molar-refractivity contribution in [2.75, 3.05) is 10.6 Å². The Hall–Kier alpha value is -3.08. The molecule has 1 heterocycles. The molecule has 23 heavy (non-hydrogen) atoms. The van der Waals surface area contributed by atoms with E-state index >= 15 is 0 Å². The Morgan fingerprint density at radius 3 is 2.43 bits per heavy atom. The van der Waals surface area contributed by atoms with Gasteiger partial charge in [-0.15, -0.1) is 0 Å². The molecule has 0 aliphatic rings. The van der Waals surface area contributed by atoms with Crippen molar-refractivity contribution >= 4 is 34.1 Å². The Morgan fingerprint density at radius 1 is 0.957 bits per heavy atom. The predicted octanol–water partition coefficient (Wildman–Crippen LogP) is 3.39. The molecule has 5 nitrogen and oxygen atoms in total. The summed E-state index contributed by atoms with van der Waals surface area (Å²) in [5.41, 5.74) is 2.87. The average molecular weight is 307 g/mol. The fourth-order valence-electron chi connectivity index (χ4n) is 2.48. The van der Waals surface area contributed by atoms with Crippen LogP contribution in [0.1, 0.15) is 17.3 Å². The van der Waals surface area contributed by atoms with E-state index in [0.717, 1.165) is 10.9 Å². The van der Waals surface area contributed by atoms with E-state index in [1.807, 2.05) is 36.0 Å². The Kier molecular flexibility index (Phi) is 3.85. The summed E-state index contributed by atoms with van der Waals surface area (Å²) < 4.78 is 1.98. The molecule has 2 amide bonds. The molecule has 0 aliphatic carbocycles. The van der Waals surface area contributed by atoms with Crippen LogP contribution in [0.5, 0.6) is 0 Å². The summed E-state index contributed by atoms with van der Waals surface area (Å²) in [5.74, 6) is -0.337. The number of nitrogens with one attached hydrogen (secondary N) is 2. The third-order valence-electron chi connectivity index (χ3n) is 3.59. The molecule has 3 rings (SSSR count). The van der Waals surface area contributed by atoms with Gasteiger partial charge in [-0.1, -0.05) is 12.1 Å². The molecule has 0 bridgehead atoms. The van der Waals surface area contributed by atoms with E-state index in [4.69, 9.17) is 0 Å². The second-order valence-electron chi connectivity index (χ2n) is 5.42. The summed E-state index contributed by atoms with van der Waals surface area (Å²) in [5, 5.41) is 6.64. The molecule has 2 aromatic carbocycles. The molecule has 0 unspecified atom stereocenters. The Morgan fingerprint density at radius 2 is 1.70 bits per heavy atom. The summed E-state index contributed by atoms with van der Waals surface area (Å²) in [6.07, 6.45) is 1.96. The molecule has 116 valence electrons. The summed E-state index contributed by atoms with van der Waals surface area (Å²) in [6.45, 7) is 1.44. The molecule has 2 N–H and O–H groups in total. The molecule has 0 spiro atoms. The highest BCUT2D eigenvalue weighted by atomic mass is 16.2. The van der Waals surface area contributed by atoms with Gasteiger partial charge in [0.1, 0.15) is 0 Å². The van der Waals surface area contributed by atoms with Crippen molar-refractivity contribution in [2.24, 2.45) is 7.05 Å². The van der Waals surface area contributed by atoms with Crippen LogP contribution in [0.15, 0.2) is 54.7 Å². The molecule has 1 aromatic heterocycles. The summed E-state index contributed by atoms with van der Waals surface area (Å²) in [4.78, 5) is 23.5. The number of nitrogens with zero attached hydrogens (tertiary/aromatic N) is 1. The molecule has 3 aromatic rings. The lowest BCUT2D eigenvalue weighted by atomic mass is 10.1. The molecule has 0 aliphatic heterocycles.